The number of aromatic nitrogens is 2. The molecular formula is C15H16BrN3O. The number of morpholine rings is 1. The highest BCUT2D eigenvalue weighted by molar-refractivity contribution is 9.10. The van der Waals surface area contributed by atoms with Gasteiger partial charge in [0.15, 0.2) is 0 Å². The van der Waals surface area contributed by atoms with E-state index in [9.17, 15) is 0 Å². The van der Waals surface area contributed by atoms with Gasteiger partial charge in [0.2, 0.25) is 0 Å². The van der Waals surface area contributed by atoms with Gasteiger partial charge in [0, 0.05) is 22.3 Å². The summed E-state index contributed by atoms with van der Waals surface area (Å²) in [6.45, 7) is 4.22. The summed E-state index contributed by atoms with van der Waals surface area (Å²) in [4.78, 5) is 9.23. The Morgan fingerprint density at radius 2 is 2.05 bits per heavy atom. The summed E-state index contributed by atoms with van der Waals surface area (Å²) >= 11 is 3.45. The summed E-state index contributed by atoms with van der Waals surface area (Å²) in [5.41, 5.74) is 3.02. The Morgan fingerprint density at radius 1 is 1.25 bits per heavy atom. The number of nitrogens with zero attached hydrogens (tertiary/aromatic N) is 2. The fourth-order valence-electron chi connectivity index (χ4n) is 2.25. The summed E-state index contributed by atoms with van der Waals surface area (Å²) in [5, 5.41) is 3.39. The van der Waals surface area contributed by atoms with Crippen LogP contribution < -0.4 is 5.32 Å². The third-order valence-electron chi connectivity index (χ3n) is 3.24. The van der Waals surface area contributed by atoms with E-state index < -0.39 is 0 Å². The van der Waals surface area contributed by atoms with E-state index in [0.717, 1.165) is 40.4 Å². The number of aryl methyl sites for hydroxylation is 1. The average molecular weight is 334 g/mol. The van der Waals surface area contributed by atoms with Gasteiger partial charge in [0.25, 0.3) is 0 Å². The van der Waals surface area contributed by atoms with Crippen molar-refractivity contribution in [1.29, 1.82) is 0 Å². The molecule has 1 fully saturated rings. The fraction of sp³-hybridized carbons (Fsp3) is 0.333. The Hall–Kier alpha value is -1.30. The summed E-state index contributed by atoms with van der Waals surface area (Å²) in [6.07, 6.45) is 0. The number of rotatable bonds is 2. The molecule has 1 aliphatic heterocycles. The van der Waals surface area contributed by atoms with Crippen molar-refractivity contribution in [2.75, 3.05) is 19.8 Å². The quantitative estimate of drug-likeness (QED) is 0.917. The number of hydrogen-bond acceptors (Lipinski definition) is 4. The smallest absolute Gasteiger partial charge is 0.148 e. The number of ether oxygens (including phenoxy) is 1. The zero-order valence-electron chi connectivity index (χ0n) is 11.3. The summed E-state index contributed by atoms with van der Waals surface area (Å²) in [7, 11) is 0. The maximum atomic E-state index is 5.49. The van der Waals surface area contributed by atoms with Crippen LogP contribution in [0.2, 0.25) is 0 Å². The van der Waals surface area contributed by atoms with Crippen LogP contribution in [0.1, 0.15) is 17.6 Å². The standard InChI is InChI=1S/C15H16BrN3O/c1-10-8-13(11-2-4-12(16)5-3-11)19-15(18-10)14-9-20-7-6-17-14/h2-5,8,14,17H,6-7,9H2,1H3. The first-order chi connectivity index (χ1) is 9.72. The largest absolute Gasteiger partial charge is 0.378 e. The lowest BCUT2D eigenvalue weighted by atomic mass is 10.1. The molecule has 1 saturated heterocycles. The van der Waals surface area contributed by atoms with Crippen LogP contribution >= 0.6 is 15.9 Å². The minimum Gasteiger partial charge on any atom is -0.378 e. The van der Waals surface area contributed by atoms with Gasteiger partial charge in [-0.25, -0.2) is 9.97 Å². The van der Waals surface area contributed by atoms with Crippen LogP contribution in [-0.4, -0.2) is 29.7 Å². The van der Waals surface area contributed by atoms with Crippen molar-refractivity contribution in [3.63, 3.8) is 0 Å². The Kier molecular flexibility index (Phi) is 4.10. The van der Waals surface area contributed by atoms with Crippen LogP contribution in [0.25, 0.3) is 11.3 Å². The van der Waals surface area contributed by atoms with Gasteiger partial charge >= 0.3 is 0 Å². The molecule has 1 atom stereocenters. The van der Waals surface area contributed by atoms with Crippen molar-refractivity contribution in [3.05, 3.63) is 46.3 Å². The molecule has 2 aromatic rings. The molecule has 1 aliphatic rings. The molecule has 5 heteroatoms. The first-order valence-corrected chi connectivity index (χ1v) is 7.44. The number of nitrogens with one attached hydrogen (secondary N) is 1. The van der Waals surface area contributed by atoms with Crippen molar-refractivity contribution in [3.8, 4) is 11.3 Å². The molecule has 0 aliphatic carbocycles. The van der Waals surface area contributed by atoms with Crippen LogP contribution in [0.4, 0.5) is 0 Å². The van der Waals surface area contributed by atoms with Gasteiger partial charge in [-0.1, -0.05) is 28.1 Å². The Labute approximate surface area is 126 Å². The molecule has 0 bridgehead atoms. The van der Waals surface area contributed by atoms with Gasteiger partial charge in [0.05, 0.1) is 24.9 Å². The second-order valence-corrected chi connectivity index (χ2v) is 5.76. The summed E-state index contributed by atoms with van der Waals surface area (Å²) < 4.78 is 6.55. The van der Waals surface area contributed by atoms with Crippen LogP contribution in [0.3, 0.4) is 0 Å². The molecular weight excluding hydrogens is 318 g/mol. The minimum absolute atomic E-state index is 0.0813. The van der Waals surface area contributed by atoms with Gasteiger partial charge in [-0.3, -0.25) is 0 Å². The molecule has 1 aromatic heterocycles. The normalized spacial score (nSPS) is 19.0. The van der Waals surface area contributed by atoms with E-state index in [1.54, 1.807) is 0 Å². The van der Waals surface area contributed by atoms with Crippen LogP contribution in [0, 0.1) is 6.92 Å². The Balaban J connectivity index is 1.95. The van der Waals surface area contributed by atoms with Gasteiger partial charge in [0.1, 0.15) is 5.82 Å². The SMILES string of the molecule is Cc1cc(-c2ccc(Br)cc2)nc(C2COCCN2)n1. The molecule has 0 spiro atoms. The molecule has 20 heavy (non-hydrogen) atoms. The van der Waals surface area contributed by atoms with E-state index in [1.807, 2.05) is 25.1 Å². The summed E-state index contributed by atoms with van der Waals surface area (Å²) in [5.74, 6) is 0.808. The van der Waals surface area contributed by atoms with Crippen molar-refractivity contribution >= 4 is 15.9 Å². The lowest BCUT2D eigenvalue weighted by molar-refractivity contribution is 0.0742. The Bertz CT molecular complexity index is 595. The van der Waals surface area contributed by atoms with E-state index in [2.05, 4.69) is 43.3 Å². The van der Waals surface area contributed by atoms with Crippen molar-refractivity contribution in [2.24, 2.45) is 0 Å². The molecule has 4 nitrogen and oxygen atoms in total. The molecule has 1 aromatic carbocycles. The first kappa shape index (κ1) is 13.7. The molecule has 0 radical (unpaired) electrons. The lowest BCUT2D eigenvalue weighted by Gasteiger charge is -2.23. The van der Waals surface area contributed by atoms with Crippen molar-refractivity contribution in [2.45, 2.75) is 13.0 Å². The summed E-state index contributed by atoms with van der Waals surface area (Å²) in [6, 6.07) is 10.2. The highest BCUT2D eigenvalue weighted by Crippen LogP contribution is 2.22. The van der Waals surface area contributed by atoms with Crippen LogP contribution in [-0.2, 0) is 4.74 Å². The first-order valence-electron chi connectivity index (χ1n) is 6.65. The molecule has 104 valence electrons. The number of benzene rings is 1. The van der Waals surface area contributed by atoms with Gasteiger partial charge in [-0.2, -0.15) is 0 Å². The maximum Gasteiger partial charge on any atom is 0.148 e. The van der Waals surface area contributed by atoms with Crippen molar-refractivity contribution < 1.29 is 4.74 Å². The van der Waals surface area contributed by atoms with E-state index >= 15 is 0 Å². The second-order valence-electron chi connectivity index (χ2n) is 4.84. The predicted molar refractivity (Wildman–Crippen MR) is 81.5 cm³/mol. The van der Waals surface area contributed by atoms with Gasteiger partial charge in [-0.15, -0.1) is 0 Å². The number of halogens is 1. The van der Waals surface area contributed by atoms with Gasteiger partial charge in [-0.05, 0) is 25.1 Å². The van der Waals surface area contributed by atoms with E-state index in [0.29, 0.717) is 6.61 Å². The average Bonchev–Trinajstić information content (AvgIpc) is 2.48. The molecule has 0 amide bonds. The molecule has 3 rings (SSSR count). The van der Waals surface area contributed by atoms with Crippen LogP contribution in [0.15, 0.2) is 34.8 Å². The lowest BCUT2D eigenvalue weighted by Crippen LogP contribution is -2.35. The molecule has 1 N–H and O–H groups in total. The number of hydrogen-bond donors (Lipinski definition) is 1. The van der Waals surface area contributed by atoms with Crippen molar-refractivity contribution in [1.82, 2.24) is 15.3 Å². The van der Waals surface area contributed by atoms with E-state index in [1.165, 1.54) is 0 Å². The molecule has 2 heterocycles. The minimum atomic E-state index is 0.0813. The third-order valence-corrected chi connectivity index (χ3v) is 3.77. The van der Waals surface area contributed by atoms with E-state index in [-0.39, 0.29) is 6.04 Å². The predicted octanol–water partition coefficient (Wildman–Crippen LogP) is 2.88. The maximum absolute atomic E-state index is 5.49. The topological polar surface area (TPSA) is 47.0 Å². The van der Waals surface area contributed by atoms with Gasteiger partial charge < -0.3 is 10.1 Å². The molecule has 0 saturated carbocycles. The Morgan fingerprint density at radius 3 is 2.75 bits per heavy atom. The molecule has 1 unspecified atom stereocenters. The monoisotopic (exact) mass is 333 g/mol. The highest BCUT2D eigenvalue weighted by Gasteiger charge is 2.19. The highest BCUT2D eigenvalue weighted by atomic mass is 79.9. The zero-order valence-corrected chi connectivity index (χ0v) is 12.9. The van der Waals surface area contributed by atoms with E-state index in [4.69, 9.17) is 4.74 Å². The zero-order chi connectivity index (χ0) is 13.9. The second kappa shape index (κ2) is 5.99. The fourth-order valence-corrected chi connectivity index (χ4v) is 2.51. The third kappa shape index (κ3) is 3.06. The van der Waals surface area contributed by atoms with Crippen LogP contribution in [0.5, 0.6) is 0 Å².